The Bertz CT molecular complexity index is 526. The van der Waals surface area contributed by atoms with Gasteiger partial charge >= 0.3 is 0 Å². The second kappa shape index (κ2) is 9.75. The molecule has 0 aromatic carbocycles. The molecular weight excluding hydrogens is 429 g/mol. The van der Waals surface area contributed by atoms with Gasteiger partial charge in [-0.15, -0.1) is 24.0 Å². The number of methoxy groups -OCH3 is 1. The molecule has 1 saturated heterocycles. The molecule has 1 aromatic heterocycles. The van der Waals surface area contributed by atoms with E-state index in [0.717, 1.165) is 32.0 Å². The summed E-state index contributed by atoms with van der Waals surface area (Å²) in [6.45, 7) is 11.6. The van der Waals surface area contributed by atoms with Gasteiger partial charge in [0.05, 0.1) is 18.5 Å². The number of hydrogen-bond acceptors (Lipinski definition) is 3. The Kier molecular flexibility index (Phi) is 8.67. The SMILES string of the molecule is CN=C(NCC(OC)C(C)(C)C)N1CCC(C)C(n2ccnc2)C1.I. The molecular formula is C18H34IN5O. The molecule has 0 saturated carbocycles. The Balaban J connectivity index is 0.00000312. The van der Waals surface area contributed by atoms with E-state index in [2.05, 4.69) is 58.7 Å². The maximum Gasteiger partial charge on any atom is 0.193 e. The van der Waals surface area contributed by atoms with Crippen molar-refractivity contribution in [1.82, 2.24) is 19.8 Å². The van der Waals surface area contributed by atoms with Crippen molar-refractivity contribution in [2.24, 2.45) is 16.3 Å². The fourth-order valence-corrected chi connectivity index (χ4v) is 3.35. The van der Waals surface area contributed by atoms with Crippen LogP contribution in [0.15, 0.2) is 23.7 Å². The second-order valence-corrected chi connectivity index (χ2v) is 7.81. The molecule has 0 spiro atoms. The third-order valence-electron chi connectivity index (χ3n) is 5.03. The van der Waals surface area contributed by atoms with Crippen molar-refractivity contribution in [3.63, 3.8) is 0 Å². The molecule has 1 fully saturated rings. The quantitative estimate of drug-likeness (QED) is 0.424. The summed E-state index contributed by atoms with van der Waals surface area (Å²) in [7, 11) is 3.63. The largest absolute Gasteiger partial charge is 0.379 e. The maximum atomic E-state index is 5.65. The lowest BCUT2D eigenvalue weighted by molar-refractivity contribution is 0.0199. The van der Waals surface area contributed by atoms with Crippen LogP contribution in [0, 0.1) is 11.3 Å². The van der Waals surface area contributed by atoms with Crippen LogP contribution in [0.4, 0.5) is 0 Å². The number of aliphatic imine (C=N–C) groups is 1. The summed E-state index contributed by atoms with van der Waals surface area (Å²) >= 11 is 0. The molecule has 0 bridgehead atoms. The van der Waals surface area contributed by atoms with Crippen molar-refractivity contribution < 1.29 is 4.74 Å². The molecule has 1 aliphatic heterocycles. The van der Waals surface area contributed by atoms with E-state index in [1.165, 1.54) is 0 Å². The molecule has 25 heavy (non-hydrogen) atoms. The molecule has 1 aliphatic rings. The van der Waals surface area contributed by atoms with Crippen molar-refractivity contribution >= 4 is 29.9 Å². The highest BCUT2D eigenvalue weighted by Crippen LogP contribution is 2.27. The Morgan fingerprint density at radius 1 is 1.44 bits per heavy atom. The normalized spacial score (nSPS) is 23.1. The molecule has 7 heteroatoms. The van der Waals surface area contributed by atoms with Crippen LogP contribution in [0.2, 0.25) is 0 Å². The highest BCUT2D eigenvalue weighted by atomic mass is 127. The van der Waals surface area contributed by atoms with Gasteiger partial charge in [0, 0.05) is 46.2 Å². The van der Waals surface area contributed by atoms with Gasteiger partial charge in [-0.25, -0.2) is 4.98 Å². The van der Waals surface area contributed by atoms with E-state index in [1.54, 1.807) is 7.11 Å². The monoisotopic (exact) mass is 463 g/mol. The van der Waals surface area contributed by atoms with Gasteiger partial charge in [0.1, 0.15) is 0 Å². The Morgan fingerprint density at radius 3 is 2.68 bits per heavy atom. The van der Waals surface area contributed by atoms with E-state index >= 15 is 0 Å². The molecule has 0 aliphatic carbocycles. The van der Waals surface area contributed by atoms with E-state index in [-0.39, 0.29) is 35.5 Å². The topological polar surface area (TPSA) is 54.7 Å². The zero-order valence-corrected chi connectivity index (χ0v) is 18.7. The number of rotatable bonds is 4. The van der Waals surface area contributed by atoms with Crippen molar-refractivity contribution in [3.8, 4) is 0 Å². The Morgan fingerprint density at radius 2 is 2.16 bits per heavy atom. The van der Waals surface area contributed by atoms with E-state index in [9.17, 15) is 0 Å². The number of nitrogens with one attached hydrogen (secondary N) is 1. The number of ether oxygens (including phenoxy) is 1. The highest BCUT2D eigenvalue weighted by Gasteiger charge is 2.30. The van der Waals surface area contributed by atoms with Crippen LogP contribution >= 0.6 is 24.0 Å². The van der Waals surface area contributed by atoms with Crippen LogP contribution in [0.3, 0.4) is 0 Å². The molecule has 2 heterocycles. The average Bonchev–Trinajstić information content (AvgIpc) is 3.05. The van der Waals surface area contributed by atoms with Gasteiger partial charge in [0.15, 0.2) is 5.96 Å². The summed E-state index contributed by atoms with van der Waals surface area (Å²) in [5.74, 6) is 1.59. The van der Waals surface area contributed by atoms with Gasteiger partial charge in [0.25, 0.3) is 0 Å². The lowest BCUT2D eigenvalue weighted by Crippen LogP contribution is -2.51. The summed E-state index contributed by atoms with van der Waals surface area (Å²) in [5, 5.41) is 3.50. The smallest absolute Gasteiger partial charge is 0.193 e. The summed E-state index contributed by atoms with van der Waals surface area (Å²) in [5.41, 5.74) is 0.0936. The average molecular weight is 463 g/mol. The number of piperidine rings is 1. The van der Waals surface area contributed by atoms with Gasteiger partial charge in [-0.1, -0.05) is 27.7 Å². The van der Waals surface area contributed by atoms with Crippen LogP contribution in [0.5, 0.6) is 0 Å². The molecule has 0 amide bonds. The summed E-state index contributed by atoms with van der Waals surface area (Å²) in [6.07, 6.45) is 7.12. The van der Waals surface area contributed by atoms with Gasteiger partial charge in [-0.3, -0.25) is 4.99 Å². The van der Waals surface area contributed by atoms with Crippen molar-refractivity contribution in [1.29, 1.82) is 0 Å². The van der Waals surface area contributed by atoms with E-state index in [4.69, 9.17) is 4.74 Å². The summed E-state index contributed by atoms with van der Waals surface area (Å²) in [6, 6.07) is 0.431. The number of hydrogen-bond donors (Lipinski definition) is 1. The molecule has 3 atom stereocenters. The minimum atomic E-state index is 0. The Hall–Kier alpha value is -0.830. The number of aromatic nitrogens is 2. The van der Waals surface area contributed by atoms with Crippen LogP contribution < -0.4 is 5.32 Å². The fraction of sp³-hybridized carbons (Fsp3) is 0.778. The van der Waals surface area contributed by atoms with E-state index in [0.29, 0.717) is 12.0 Å². The number of imidazole rings is 1. The minimum Gasteiger partial charge on any atom is -0.379 e. The molecule has 1 aromatic rings. The standard InChI is InChI=1S/C18H33N5O.HI/c1-14-7-9-22(12-15(14)23-10-8-20-13-23)17(19-5)21-11-16(24-6)18(2,3)4;/h8,10,13-16H,7,9,11-12H2,1-6H3,(H,19,21);1H. The Labute approximate surface area is 169 Å². The molecule has 144 valence electrons. The van der Waals surface area contributed by atoms with E-state index < -0.39 is 0 Å². The summed E-state index contributed by atoms with van der Waals surface area (Å²) < 4.78 is 7.87. The first kappa shape index (κ1) is 22.2. The minimum absolute atomic E-state index is 0. The van der Waals surface area contributed by atoms with Crippen molar-refractivity contribution in [2.45, 2.75) is 46.3 Å². The van der Waals surface area contributed by atoms with Gasteiger partial charge < -0.3 is 19.5 Å². The molecule has 0 radical (unpaired) electrons. The maximum absolute atomic E-state index is 5.65. The zero-order chi connectivity index (χ0) is 17.7. The fourth-order valence-electron chi connectivity index (χ4n) is 3.35. The number of likely N-dealkylation sites (tertiary alicyclic amines) is 1. The first-order chi connectivity index (χ1) is 11.4. The first-order valence-corrected chi connectivity index (χ1v) is 8.82. The predicted octanol–water partition coefficient (Wildman–Crippen LogP) is 3.02. The van der Waals surface area contributed by atoms with Gasteiger partial charge in [-0.2, -0.15) is 0 Å². The molecule has 1 N–H and O–H groups in total. The zero-order valence-electron chi connectivity index (χ0n) is 16.4. The first-order valence-electron chi connectivity index (χ1n) is 8.82. The second-order valence-electron chi connectivity index (χ2n) is 7.81. The van der Waals surface area contributed by atoms with Crippen molar-refractivity contribution in [3.05, 3.63) is 18.7 Å². The number of halogens is 1. The third kappa shape index (κ3) is 5.84. The van der Waals surface area contributed by atoms with Crippen LogP contribution in [-0.4, -0.2) is 60.3 Å². The van der Waals surface area contributed by atoms with Crippen LogP contribution in [-0.2, 0) is 4.74 Å². The summed E-state index contributed by atoms with van der Waals surface area (Å²) in [4.78, 5) is 11.0. The lowest BCUT2D eigenvalue weighted by Gasteiger charge is -2.40. The van der Waals surface area contributed by atoms with Crippen LogP contribution in [0.25, 0.3) is 0 Å². The number of nitrogens with zero attached hydrogens (tertiary/aromatic N) is 4. The molecule has 3 unspecified atom stereocenters. The lowest BCUT2D eigenvalue weighted by atomic mass is 9.89. The van der Waals surface area contributed by atoms with Crippen LogP contribution in [0.1, 0.15) is 40.2 Å². The van der Waals surface area contributed by atoms with Gasteiger partial charge in [0.2, 0.25) is 0 Å². The van der Waals surface area contributed by atoms with E-state index in [1.807, 2.05) is 19.6 Å². The predicted molar refractivity (Wildman–Crippen MR) is 114 cm³/mol. The third-order valence-corrected chi connectivity index (χ3v) is 5.03. The van der Waals surface area contributed by atoms with Crippen molar-refractivity contribution in [2.75, 3.05) is 33.8 Å². The number of guanidine groups is 1. The molecule has 2 rings (SSSR count). The molecule has 6 nitrogen and oxygen atoms in total. The van der Waals surface area contributed by atoms with Gasteiger partial charge in [-0.05, 0) is 17.8 Å². The highest BCUT2D eigenvalue weighted by molar-refractivity contribution is 14.0.